The number of para-hydroxylation sites is 1. The molecular weight excluding hydrogens is 296 g/mol. The highest BCUT2D eigenvalue weighted by Gasteiger charge is 2.51. The second kappa shape index (κ2) is 6.40. The Morgan fingerprint density at radius 2 is 2.04 bits per heavy atom. The maximum atomic E-state index is 6.56. The maximum absolute atomic E-state index is 6.56. The zero-order valence-electron chi connectivity index (χ0n) is 15.5. The van der Waals surface area contributed by atoms with Gasteiger partial charge in [0.25, 0.3) is 0 Å². The minimum absolute atomic E-state index is 0.0865. The van der Waals surface area contributed by atoms with Crippen LogP contribution >= 0.6 is 0 Å². The predicted molar refractivity (Wildman–Crippen MR) is 99.3 cm³/mol. The summed E-state index contributed by atoms with van der Waals surface area (Å²) in [6.07, 6.45) is 8.52. The fraction of sp³-hybridized carbons (Fsp3) is 0.545. The first kappa shape index (κ1) is 17.3. The van der Waals surface area contributed by atoms with Crippen molar-refractivity contribution in [2.24, 2.45) is 5.92 Å². The van der Waals surface area contributed by atoms with Crippen LogP contribution in [0.4, 0.5) is 0 Å². The van der Waals surface area contributed by atoms with Gasteiger partial charge in [-0.15, -0.1) is 6.58 Å². The van der Waals surface area contributed by atoms with Gasteiger partial charge >= 0.3 is 0 Å². The first-order valence-corrected chi connectivity index (χ1v) is 9.10. The lowest BCUT2D eigenvalue weighted by atomic mass is 9.71. The molecule has 2 aliphatic rings. The lowest BCUT2D eigenvalue weighted by Gasteiger charge is -2.52. The Balaban J connectivity index is 1.94. The van der Waals surface area contributed by atoms with Gasteiger partial charge in [-0.3, -0.25) is 0 Å². The second-order valence-electron chi connectivity index (χ2n) is 7.97. The molecule has 130 valence electrons. The zero-order chi connectivity index (χ0) is 17.4. The Hall–Kier alpha value is -1.54. The van der Waals surface area contributed by atoms with Crippen molar-refractivity contribution < 1.29 is 9.47 Å². The van der Waals surface area contributed by atoms with Gasteiger partial charge in [0.2, 0.25) is 0 Å². The number of hydrogen-bond acceptors (Lipinski definition) is 2. The Morgan fingerprint density at radius 1 is 1.29 bits per heavy atom. The van der Waals surface area contributed by atoms with E-state index in [1.54, 1.807) is 0 Å². The summed E-state index contributed by atoms with van der Waals surface area (Å²) >= 11 is 0. The molecule has 2 heteroatoms. The molecule has 24 heavy (non-hydrogen) atoms. The number of fused-ring (bicyclic) bond motifs is 3. The molecule has 0 spiro atoms. The fourth-order valence-electron chi connectivity index (χ4n) is 4.10. The van der Waals surface area contributed by atoms with Gasteiger partial charge in [0.1, 0.15) is 11.4 Å². The first-order chi connectivity index (χ1) is 11.4. The Kier molecular flexibility index (Phi) is 4.61. The number of benzene rings is 1. The number of hydrogen-bond donors (Lipinski definition) is 0. The SMILES string of the molecule is C=C[C@]1(C)CC[C@@H]2[C@@H](O1)c1ccccc1O[C@]2(C)CCC=C(C)C. The summed E-state index contributed by atoms with van der Waals surface area (Å²) < 4.78 is 13.1. The van der Waals surface area contributed by atoms with Gasteiger partial charge in [-0.25, -0.2) is 0 Å². The van der Waals surface area contributed by atoms with E-state index in [1.165, 1.54) is 11.1 Å². The molecule has 0 unspecified atom stereocenters. The fourth-order valence-corrected chi connectivity index (χ4v) is 4.10. The van der Waals surface area contributed by atoms with Gasteiger partial charge in [0.15, 0.2) is 0 Å². The molecule has 4 atom stereocenters. The van der Waals surface area contributed by atoms with E-state index in [0.29, 0.717) is 5.92 Å². The van der Waals surface area contributed by atoms with Crippen LogP contribution in [0.15, 0.2) is 48.6 Å². The summed E-state index contributed by atoms with van der Waals surface area (Å²) in [7, 11) is 0. The highest BCUT2D eigenvalue weighted by molar-refractivity contribution is 5.39. The van der Waals surface area contributed by atoms with E-state index in [0.717, 1.165) is 31.4 Å². The van der Waals surface area contributed by atoms with E-state index < -0.39 is 0 Å². The van der Waals surface area contributed by atoms with Crippen LogP contribution in [0.5, 0.6) is 5.75 Å². The molecule has 2 heterocycles. The molecule has 0 bridgehead atoms. The van der Waals surface area contributed by atoms with Crippen molar-refractivity contribution in [3.8, 4) is 5.75 Å². The van der Waals surface area contributed by atoms with Gasteiger partial charge < -0.3 is 9.47 Å². The molecule has 1 aromatic carbocycles. The topological polar surface area (TPSA) is 18.5 Å². The van der Waals surface area contributed by atoms with Crippen molar-refractivity contribution in [2.75, 3.05) is 0 Å². The van der Waals surface area contributed by atoms with Gasteiger partial charge in [0, 0.05) is 11.5 Å². The zero-order valence-corrected chi connectivity index (χ0v) is 15.5. The molecule has 1 fully saturated rings. The normalized spacial score (nSPS) is 34.5. The van der Waals surface area contributed by atoms with E-state index in [1.807, 2.05) is 12.1 Å². The van der Waals surface area contributed by atoms with E-state index in [2.05, 4.69) is 58.5 Å². The number of allylic oxidation sites excluding steroid dienone is 2. The molecule has 2 aliphatic heterocycles. The summed E-state index contributed by atoms with van der Waals surface area (Å²) in [5, 5.41) is 0. The molecule has 0 N–H and O–H groups in total. The minimum atomic E-state index is -0.244. The molecule has 0 aliphatic carbocycles. The highest BCUT2D eigenvalue weighted by Crippen LogP contribution is 2.54. The van der Waals surface area contributed by atoms with Gasteiger partial charge in [-0.1, -0.05) is 35.9 Å². The van der Waals surface area contributed by atoms with Crippen LogP contribution in [0.2, 0.25) is 0 Å². The molecule has 2 nitrogen and oxygen atoms in total. The average molecular weight is 326 g/mol. The molecule has 0 radical (unpaired) electrons. The maximum Gasteiger partial charge on any atom is 0.125 e. The van der Waals surface area contributed by atoms with Crippen LogP contribution in [0.1, 0.15) is 65.0 Å². The minimum Gasteiger partial charge on any atom is -0.487 e. The van der Waals surface area contributed by atoms with Crippen LogP contribution in [-0.2, 0) is 4.74 Å². The lowest BCUT2D eigenvalue weighted by molar-refractivity contribution is -0.178. The van der Waals surface area contributed by atoms with Crippen molar-refractivity contribution in [1.82, 2.24) is 0 Å². The van der Waals surface area contributed by atoms with Crippen LogP contribution in [-0.4, -0.2) is 11.2 Å². The molecule has 1 saturated heterocycles. The van der Waals surface area contributed by atoms with Crippen LogP contribution in [0.25, 0.3) is 0 Å². The predicted octanol–water partition coefficient (Wildman–Crippen LogP) is 6.00. The van der Waals surface area contributed by atoms with E-state index in [-0.39, 0.29) is 17.3 Å². The van der Waals surface area contributed by atoms with Crippen LogP contribution < -0.4 is 4.74 Å². The second-order valence-corrected chi connectivity index (χ2v) is 7.97. The quantitative estimate of drug-likeness (QED) is 0.632. The molecule has 0 amide bonds. The lowest BCUT2D eigenvalue weighted by Crippen LogP contribution is -2.52. The Morgan fingerprint density at radius 3 is 2.75 bits per heavy atom. The third-order valence-electron chi connectivity index (χ3n) is 5.69. The summed E-state index contributed by atoms with van der Waals surface area (Å²) in [6, 6.07) is 8.35. The number of rotatable bonds is 4. The summed E-state index contributed by atoms with van der Waals surface area (Å²) in [6.45, 7) is 12.7. The van der Waals surface area contributed by atoms with E-state index in [9.17, 15) is 0 Å². The van der Waals surface area contributed by atoms with Gasteiger partial charge in [0.05, 0.1) is 11.7 Å². The van der Waals surface area contributed by atoms with Crippen molar-refractivity contribution in [3.05, 3.63) is 54.1 Å². The Labute approximate surface area is 146 Å². The average Bonchev–Trinajstić information content (AvgIpc) is 2.54. The molecule has 0 aromatic heterocycles. The van der Waals surface area contributed by atoms with Crippen LogP contribution in [0, 0.1) is 5.92 Å². The third kappa shape index (κ3) is 3.17. The summed E-state index contributed by atoms with van der Waals surface area (Å²) in [4.78, 5) is 0. The third-order valence-corrected chi connectivity index (χ3v) is 5.69. The largest absolute Gasteiger partial charge is 0.487 e. The Bertz CT molecular complexity index is 643. The van der Waals surface area contributed by atoms with E-state index in [4.69, 9.17) is 9.47 Å². The van der Waals surface area contributed by atoms with Gasteiger partial charge in [-0.2, -0.15) is 0 Å². The first-order valence-electron chi connectivity index (χ1n) is 9.10. The smallest absolute Gasteiger partial charge is 0.125 e. The molecular formula is C22H30O2. The van der Waals surface area contributed by atoms with Crippen molar-refractivity contribution in [1.29, 1.82) is 0 Å². The summed E-state index contributed by atoms with van der Waals surface area (Å²) in [5.74, 6) is 1.36. The van der Waals surface area contributed by atoms with Gasteiger partial charge in [-0.05, 0) is 59.4 Å². The monoisotopic (exact) mass is 326 g/mol. The van der Waals surface area contributed by atoms with Crippen molar-refractivity contribution in [3.63, 3.8) is 0 Å². The van der Waals surface area contributed by atoms with E-state index >= 15 is 0 Å². The van der Waals surface area contributed by atoms with Crippen molar-refractivity contribution >= 4 is 0 Å². The van der Waals surface area contributed by atoms with Crippen LogP contribution in [0.3, 0.4) is 0 Å². The number of ether oxygens (including phenoxy) is 2. The highest BCUT2D eigenvalue weighted by atomic mass is 16.5. The summed E-state index contributed by atoms with van der Waals surface area (Å²) in [5.41, 5.74) is 2.13. The molecule has 1 aromatic rings. The van der Waals surface area contributed by atoms with Crippen molar-refractivity contribution in [2.45, 2.75) is 70.7 Å². The standard InChI is InChI=1S/C22H30O2/c1-6-21(4)15-13-18-20(24-21)17-11-7-8-12-19(17)23-22(18,5)14-9-10-16(2)3/h6-8,10-12,18,20H,1,9,13-15H2,2-5H3/t18-,20+,21-,22-/m1/s1. The molecule has 3 rings (SSSR count). The molecule has 0 saturated carbocycles.